The van der Waals surface area contributed by atoms with Crippen LogP contribution in [0.15, 0.2) is 70.2 Å². The van der Waals surface area contributed by atoms with Crippen LogP contribution in [0.4, 0.5) is 0 Å². The lowest BCUT2D eigenvalue weighted by molar-refractivity contribution is 0.104. The minimum atomic E-state index is -0.711. The molecule has 0 aliphatic carbocycles. The Balaban J connectivity index is 1.50. The molecule has 0 unspecified atom stereocenters. The normalized spacial score (nSPS) is 12.3. The second-order valence-corrected chi connectivity index (χ2v) is 9.30. The maximum Gasteiger partial charge on any atom is 0.192 e. The van der Waals surface area contributed by atoms with Crippen molar-refractivity contribution in [1.82, 2.24) is 15.0 Å². The second kappa shape index (κ2) is 7.69. The molecule has 0 amide bonds. The van der Waals surface area contributed by atoms with Gasteiger partial charge in [-0.1, -0.05) is 50.3 Å². The molecule has 160 valence electrons. The van der Waals surface area contributed by atoms with Crippen LogP contribution in [0, 0.1) is 0 Å². The van der Waals surface area contributed by atoms with E-state index in [1.54, 1.807) is 18.2 Å². The van der Waals surface area contributed by atoms with Crippen LogP contribution in [0.5, 0.6) is 5.75 Å². The molecule has 0 saturated heterocycles. The van der Waals surface area contributed by atoms with Gasteiger partial charge in [0.15, 0.2) is 5.43 Å². The van der Waals surface area contributed by atoms with Crippen LogP contribution in [0.1, 0.15) is 51.4 Å². The first-order valence-electron chi connectivity index (χ1n) is 10.3. The largest absolute Gasteiger partial charge is 0.481 e. The van der Waals surface area contributed by atoms with E-state index in [-0.39, 0.29) is 10.8 Å². The summed E-state index contributed by atoms with van der Waals surface area (Å²) in [7, 11) is 0. The molecule has 0 spiro atoms. The van der Waals surface area contributed by atoms with Crippen molar-refractivity contribution < 1.29 is 9.15 Å². The quantitative estimate of drug-likeness (QED) is 0.455. The summed E-state index contributed by atoms with van der Waals surface area (Å²) >= 11 is 0. The predicted octanol–water partition coefficient (Wildman–Crippen LogP) is 5.04. The molecule has 0 aliphatic rings. The van der Waals surface area contributed by atoms with Gasteiger partial charge in [0, 0.05) is 12.1 Å². The Morgan fingerprint density at radius 3 is 2.45 bits per heavy atom. The average molecular weight is 418 g/mol. The zero-order valence-corrected chi connectivity index (χ0v) is 18.5. The van der Waals surface area contributed by atoms with Crippen LogP contribution >= 0.6 is 0 Å². The standard InChI is InChI=1S/C25H27N3O3/c1-24(2,3)18-8-6-17(7-9-18)15-28-16-23(26-27-28)25(4,5)31-19-10-11-20-21(29)12-13-30-22(20)14-19/h6-14,16H,15H2,1-5H3. The lowest BCUT2D eigenvalue weighted by atomic mass is 9.87. The minimum absolute atomic E-state index is 0.0782. The van der Waals surface area contributed by atoms with E-state index in [0.29, 0.717) is 29.0 Å². The molecule has 2 heterocycles. The number of hydrogen-bond acceptors (Lipinski definition) is 5. The Labute approximate surface area is 181 Å². The third-order valence-corrected chi connectivity index (χ3v) is 5.33. The molecular weight excluding hydrogens is 390 g/mol. The summed E-state index contributed by atoms with van der Waals surface area (Å²) in [5.41, 5.74) is 3.01. The molecule has 6 nitrogen and oxygen atoms in total. The molecular formula is C25H27N3O3. The van der Waals surface area contributed by atoms with Gasteiger partial charge in [0.25, 0.3) is 0 Å². The highest BCUT2D eigenvalue weighted by molar-refractivity contribution is 5.77. The maximum absolute atomic E-state index is 11.9. The van der Waals surface area contributed by atoms with Gasteiger partial charge in [0.05, 0.1) is 24.4 Å². The Morgan fingerprint density at radius 2 is 1.74 bits per heavy atom. The van der Waals surface area contributed by atoms with Crippen molar-refractivity contribution in [2.75, 3.05) is 0 Å². The number of nitrogens with zero attached hydrogens (tertiary/aromatic N) is 3. The summed E-state index contributed by atoms with van der Waals surface area (Å²) < 4.78 is 13.4. The average Bonchev–Trinajstić information content (AvgIpc) is 3.17. The first-order chi connectivity index (χ1) is 14.6. The third kappa shape index (κ3) is 4.53. The van der Waals surface area contributed by atoms with Gasteiger partial charge in [-0.2, -0.15) is 0 Å². The van der Waals surface area contributed by atoms with Crippen LogP contribution in [0.25, 0.3) is 11.0 Å². The van der Waals surface area contributed by atoms with Crippen LogP contribution in [0.3, 0.4) is 0 Å². The summed E-state index contributed by atoms with van der Waals surface area (Å²) in [5.74, 6) is 0.596. The topological polar surface area (TPSA) is 70.2 Å². The monoisotopic (exact) mass is 417 g/mol. The number of hydrogen-bond donors (Lipinski definition) is 0. The fraction of sp³-hybridized carbons (Fsp3) is 0.320. The van der Waals surface area contributed by atoms with Crippen molar-refractivity contribution in [3.63, 3.8) is 0 Å². The van der Waals surface area contributed by atoms with Gasteiger partial charge < -0.3 is 9.15 Å². The summed E-state index contributed by atoms with van der Waals surface area (Å²) in [6.45, 7) is 11.1. The first-order valence-corrected chi connectivity index (χ1v) is 10.3. The number of benzene rings is 2. The van der Waals surface area contributed by atoms with Crippen molar-refractivity contribution in [3.8, 4) is 5.75 Å². The molecule has 0 fully saturated rings. The number of fused-ring (bicyclic) bond motifs is 1. The van der Waals surface area contributed by atoms with Gasteiger partial charge in [-0.15, -0.1) is 5.10 Å². The molecule has 2 aromatic carbocycles. The number of rotatable bonds is 5. The van der Waals surface area contributed by atoms with Gasteiger partial charge >= 0.3 is 0 Å². The van der Waals surface area contributed by atoms with Crippen molar-refractivity contribution >= 4 is 11.0 Å². The summed E-state index contributed by atoms with van der Waals surface area (Å²) in [4.78, 5) is 11.9. The van der Waals surface area contributed by atoms with Gasteiger partial charge in [0.1, 0.15) is 22.6 Å². The van der Waals surface area contributed by atoms with Crippen molar-refractivity contribution in [2.24, 2.45) is 0 Å². The van der Waals surface area contributed by atoms with Crippen molar-refractivity contribution in [2.45, 2.75) is 52.2 Å². The lowest BCUT2D eigenvalue weighted by Gasteiger charge is -2.24. The van der Waals surface area contributed by atoms with Gasteiger partial charge in [-0.25, -0.2) is 4.68 Å². The third-order valence-electron chi connectivity index (χ3n) is 5.33. The fourth-order valence-corrected chi connectivity index (χ4v) is 3.42. The highest BCUT2D eigenvalue weighted by Gasteiger charge is 2.27. The Morgan fingerprint density at radius 1 is 1.00 bits per heavy atom. The molecule has 2 aromatic heterocycles. The Hall–Kier alpha value is -3.41. The molecule has 4 rings (SSSR count). The SMILES string of the molecule is CC(C)(C)c1ccc(Cn2cc(C(C)(C)Oc3ccc4c(=O)ccoc4c3)nn2)cc1. The van der Waals surface area contributed by atoms with Crippen LogP contribution in [-0.4, -0.2) is 15.0 Å². The zero-order chi connectivity index (χ0) is 22.2. The first kappa shape index (κ1) is 20.8. The smallest absolute Gasteiger partial charge is 0.192 e. The van der Waals surface area contributed by atoms with Crippen LogP contribution in [-0.2, 0) is 17.6 Å². The fourth-order valence-electron chi connectivity index (χ4n) is 3.42. The molecule has 0 radical (unpaired) electrons. The minimum Gasteiger partial charge on any atom is -0.481 e. The molecule has 0 aliphatic heterocycles. The predicted molar refractivity (Wildman–Crippen MR) is 120 cm³/mol. The molecule has 0 atom stereocenters. The molecule has 0 bridgehead atoms. The van der Waals surface area contributed by atoms with E-state index in [1.165, 1.54) is 17.9 Å². The zero-order valence-electron chi connectivity index (χ0n) is 18.5. The highest BCUT2D eigenvalue weighted by atomic mass is 16.5. The van der Waals surface area contributed by atoms with E-state index >= 15 is 0 Å². The second-order valence-electron chi connectivity index (χ2n) is 9.30. The highest BCUT2D eigenvalue weighted by Crippen LogP contribution is 2.28. The lowest BCUT2D eigenvalue weighted by Crippen LogP contribution is -2.25. The van der Waals surface area contributed by atoms with E-state index in [9.17, 15) is 4.79 Å². The van der Waals surface area contributed by atoms with Crippen LogP contribution in [0.2, 0.25) is 0 Å². The van der Waals surface area contributed by atoms with E-state index in [1.807, 2.05) is 24.7 Å². The Bertz CT molecular complexity index is 1260. The number of aromatic nitrogens is 3. The molecule has 0 saturated carbocycles. The molecule has 0 N–H and O–H groups in total. The van der Waals surface area contributed by atoms with E-state index in [0.717, 1.165) is 5.56 Å². The molecule has 31 heavy (non-hydrogen) atoms. The van der Waals surface area contributed by atoms with Gasteiger partial charge in [0.2, 0.25) is 0 Å². The van der Waals surface area contributed by atoms with Crippen molar-refractivity contribution in [3.05, 3.63) is 88.0 Å². The van der Waals surface area contributed by atoms with E-state index < -0.39 is 5.60 Å². The Kier molecular flexibility index (Phi) is 5.17. The summed E-state index contributed by atoms with van der Waals surface area (Å²) in [5, 5.41) is 9.13. The van der Waals surface area contributed by atoms with E-state index in [4.69, 9.17) is 9.15 Å². The summed E-state index contributed by atoms with van der Waals surface area (Å²) in [6.07, 6.45) is 3.29. The van der Waals surface area contributed by atoms with Gasteiger partial charge in [-0.3, -0.25) is 4.79 Å². The van der Waals surface area contributed by atoms with E-state index in [2.05, 4.69) is 55.3 Å². The van der Waals surface area contributed by atoms with Crippen molar-refractivity contribution in [1.29, 1.82) is 0 Å². The molecule has 4 aromatic rings. The maximum atomic E-state index is 11.9. The summed E-state index contributed by atoms with van der Waals surface area (Å²) in [6, 6.07) is 15.2. The van der Waals surface area contributed by atoms with Gasteiger partial charge in [-0.05, 0) is 42.5 Å². The van der Waals surface area contributed by atoms with Crippen LogP contribution < -0.4 is 10.2 Å². The molecule has 6 heteroatoms. The number of ether oxygens (including phenoxy) is 1.